The van der Waals surface area contributed by atoms with Crippen molar-refractivity contribution in [3.63, 3.8) is 0 Å². The summed E-state index contributed by atoms with van der Waals surface area (Å²) < 4.78 is 47.6. The first-order chi connectivity index (χ1) is 14.8. The van der Waals surface area contributed by atoms with Gasteiger partial charge < -0.3 is 14.2 Å². The number of carbonyl (C=O) groups excluding carboxylic acids is 1. The largest absolute Gasteiger partial charge is 0.573 e. The van der Waals surface area contributed by atoms with Crippen LogP contribution >= 0.6 is 0 Å². The van der Waals surface area contributed by atoms with Crippen molar-refractivity contribution in [1.29, 1.82) is 0 Å². The molecule has 3 heterocycles. The van der Waals surface area contributed by atoms with E-state index in [2.05, 4.69) is 25.0 Å². The van der Waals surface area contributed by atoms with E-state index in [1.807, 2.05) is 0 Å². The monoisotopic (exact) mass is 436 g/mol. The first-order valence-electron chi connectivity index (χ1n) is 9.59. The number of hydrogen-bond donors (Lipinski definition) is 0. The standard InChI is InChI=1S/C19H19F3N6O3/c1-27-15(23-11-24-27)10-16(29)28-8-6-13(7-9-28)18-25-17(26-31-18)12-2-4-14(5-3-12)30-19(20,21)22/h2-5,11,13H,6-10H2,1H3. The number of halogens is 3. The Hall–Kier alpha value is -3.44. The highest BCUT2D eigenvalue weighted by atomic mass is 19.4. The molecule has 31 heavy (non-hydrogen) atoms. The highest BCUT2D eigenvalue weighted by Crippen LogP contribution is 2.30. The fourth-order valence-electron chi connectivity index (χ4n) is 3.43. The third-order valence-electron chi connectivity index (χ3n) is 5.10. The first-order valence-corrected chi connectivity index (χ1v) is 9.59. The summed E-state index contributed by atoms with van der Waals surface area (Å²) in [5.41, 5.74) is 0.515. The molecule has 0 saturated carbocycles. The molecule has 1 aromatic carbocycles. The van der Waals surface area contributed by atoms with Crippen molar-refractivity contribution in [2.75, 3.05) is 13.1 Å². The van der Waals surface area contributed by atoms with Gasteiger partial charge in [-0.3, -0.25) is 9.48 Å². The number of benzene rings is 1. The van der Waals surface area contributed by atoms with Gasteiger partial charge in [0.1, 0.15) is 17.9 Å². The minimum atomic E-state index is -4.74. The molecule has 0 bridgehead atoms. The Morgan fingerprint density at radius 3 is 2.55 bits per heavy atom. The van der Waals surface area contributed by atoms with Crippen LogP contribution in [0.1, 0.15) is 30.5 Å². The van der Waals surface area contributed by atoms with Crippen LogP contribution in [0.4, 0.5) is 13.2 Å². The Kier molecular flexibility index (Phi) is 5.61. The Labute approximate surface area is 174 Å². The lowest BCUT2D eigenvalue weighted by Crippen LogP contribution is -2.39. The minimum absolute atomic E-state index is 0.00737. The number of nitrogens with zero attached hydrogens (tertiary/aromatic N) is 6. The summed E-state index contributed by atoms with van der Waals surface area (Å²) in [7, 11) is 1.74. The van der Waals surface area contributed by atoms with Gasteiger partial charge in [-0.1, -0.05) is 5.16 Å². The van der Waals surface area contributed by atoms with Crippen molar-refractivity contribution >= 4 is 5.91 Å². The Morgan fingerprint density at radius 1 is 1.23 bits per heavy atom. The molecule has 4 rings (SSSR count). The predicted octanol–water partition coefficient (Wildman–Crippen LogP) is 2.71. The molecule has 164 valence electrons. The molecule has 9 nitrogen and oxygen atoms in total. The molecule has 1 amide bonds. The Bertz CT molecular complexity index is 1040. The van der Waals surface area contributed by atoms with Crippen LogP contribution in [0.2, 0.25) is 0 Å². The summed E-state index contributed by atoms with van der Waals surface area (Å²) >= 11 is 0. The van der Waals surface area contributed by atoms with Gasteiger partial charge in [0.2, 0.25) is 17.6 Å². The molecule has 2 aromatic heterocycles. The number of hydrogen-bond acceptors (Lipinski definition) is 7. The highest BCUT2D eigenvalue weighted by Gasteiger charge is 2.31. The van der Waals surface area contributed by atoms with E-state index in [0.717, 1.165) is 0 Å². The van der Waals surface area contributed by atoms with Crippen LogP contribution in [0.5, 0.6) is 5.75 Å². The summed E-state index contributed by atoms with van der Waals surface area (Å²) in [4.78, 5) is 22.7. The molecule has 12 heteroatoms. The van der Waals surface area contributed by atoms with Gasteiger partial charge in [0.15, 0.2) is 0 Å². The van der Waals surface area contributed by atoms with E-state index >= 15 is 0 Å². The van der Waals surface area contributed by atoms with Crippen LogP contribution in [-0.2, 0) is 18.3 Å². The molecular weight excluding hydrogens is 417 g/mol. The SMILES string of the molecule is Cn1ncnc1CC(=O)N1CCC(c2nc(-c3ccc(OC(F)(F)F)cc3)no2)CC1. The summed E-state index contributed by atoms with van der Waals surface area (Å²) in [5, 5.41) is 7.90. The van der Waals surface area contributed by atoms with Gasteiger partial charge in [0.25, 0.3) is 0 Å². The second-order valence-corrected chi connectivity index (χ2v) is 7.16. The molecule has 0 unspecified atom stereocenters. The molecule has 0 atom stereocenters. The highest BCUT2D eigenvalue weighted by molar-refractivity contribution is 5.78. The summed E-state index contributed by atoms with van der Waals surface area (Å²) in [5.74, 6) is 1.02. The summed E-state index contributed by atoms with van der Waals surface area (Å²) in [6, 6.07) is 5.26. The number of ether oxygens (including phenoxy) is 1. The number of amides is 1. The zero-order valence-electron chi connectivity index (χ0n) is 16.5. The quantitative estimate of drug-likeness (QED) is 0.606. The van der Waals surface area contributed by atoms with Crippen molar-refractivity contribution in [1.82, 2.24) is 29.8 Å². The summed E-state index contributed by atoms with van der Waals surface area (Å²) in [6.45, 7) is 1.12. The van der Waals surface area contributed by atoms with Crippen molar-refractivity contribution in [2.24, 2.45) is 7.05 Å². The van der Waals surface area contributed by atoms with Gasteiger partial charge in [-0.05, 0) is 37.1 Å². The van der Waals surface area contributed by atoms with Crippen molar-refractivity contribution in [3.8, 4) is 17.1 Å². The van der Waals surface area contributed by atoms with Crippen LogP contribution in [0, 0.1) is 0 Å². The van der Waals surface area contributed by atoms with Crippen molar-refractivity contribution in [2.45, 2.75) is 31.5 Å². The second kappa shape index (κ2) is 8.36. The Balaban J connectivity index is 1.34. The fourth-order valence-corrected chi connectivity index (χ4v) is 3.43. The van der Waals surface area contributed by atoms with E-state index in [-0.39, 0.29) is 29.8 Å². The number of rotatable bonds is 5. The normalized spacial score (nSPS) is 15.3. The average Bonchev–Trinajstić information content (AvgIpc) is 3.37. The molecule has 1 aliphatic heterocycles. The zero-order chi connectivity index (χ0) is 22.0. The number of likely N-dealkylation sites (tertiary alicyclic amines) is 1. The first kappa shape index (κ1) is 20.8. The zero-order valence-corrected chi connectivity index (χ0v) is 16.5. The van der Waals surface area contributed by atoms with E-state index < -0.39 is 6.36 Å². The third kappa shape index (κ3) is 5.01. The second-order valence-electron chi connectivity index (χ2n) is 7.16. The topological polar surface area (TPSA) is 99.2 Å². The Morgan fingerprint density at radius 2 is 1.94 bits per heavy atom. The molecule has 1 saturated heterocycles. The van der Waals surface area contributed by atoms with Crippen LogP contribution in [0.25, 0.3) is 11.4 Å². The maximum absolute atomic E-state index is 12.5. The fraction of sp³-hybridized carbons (Fsp3) is 0.421. The lowest BCUT2D eigenvalue weighted by Gasteiger charge is -2.30. The predicted molar refractivity (Wildman–Crippen MR) is 99.7 cm³/mol. The number of aromatic nitrogens is 5. The van der Waals surface area contributed by atoms with Crippen LogP contribution < -0.4 is 4.74 Å². The van der Waals surface area contributed by atoms with Gasteiger partial charge >= 0.3 is 6.36 Å². The number of alkyl halides is 3. The van der Waals surface area contributed by atoms with Gasteiger partial charge in [0, 0.05) is 31.6 Å². The van der Waals surface area contributed by atoms with E-state index in [9.17, 15) is 18.0 Å². The number of aryl methyl sites for hydroxylation is 1. The van der Waals surface area contributed by atoms with Crippen molar-refractivity contribution in [3.05, 3.63) is 42.3 Å². The molecule has 3 aromatic rings. The van der Waals surface area contributed by atoms with E-state index in [0.29, 0.717) is 43.2 Å². The maximum Gasteiger partial charge on any atom is 0.573 e. The van der Waals surface area contributed by atoms with E-state index in [1.165, 1.54) is 30.6 Å². The summed E-state index contributed by atoms with van der Waals surface area (Å²) in [6.07, 6.45) is -1.79. The molecule has 0 N–H and O–H groups in total. The smallest absolute Gasteiger partial charge is 0.406 e. The van der Waals surface area contributed by atoms with Crippen molar-refractivity contribution < 1.29 is 27.2 Å². The average molecular weight is 436 g/mol. The minimum Gasteiger partial charge on any atom is -0.406 e. The van der Waals surface area contributed by atoms with E-state index in [4.69, 9.17) is 4.52 Å². The molecule has 0 spiro atoms. The van der Waals surface area contributed by atoms with Gasteiger partial charge in [-0.2, -0.15) is 10.1 Å². The lowest BCUT2D eigenvalue weighted by atomic mass is 9.96. The number of carbonyl (C=O) groups is 1. The van der Waals surface area contributed by atoms with Crippen LogP contribution in [0.15, 0.2) is 35.1 Å². The van der Waals surface area contributed by atoms with Gasteiger partial charge in [0.05, 0.1) is 6.42 Å². The molecule has 0 radical (unpaired) electrons. The van der Waals surface area contributed by atoms with Crippen LogP contribution in [0.3, 0.4) is 0 Å². The van der Waals surface area contributed by atoms with Crippen LogP contribution in [-0.4, -0.2) is 55.2 Å². The molecular formula is C19H19F3N6O3. The lowest BCUT2D eigenvalue weighted by molar-refractivity contribution is -0.274. The van der Waals surface area contributed by atoms with Gasteiger partial charge in [-0.15, -0.1) is 13.2 Å². The molecule has 1 fully saturated rings. The maximum atomic E-state index is 12.5. The van der Waals surface area contributed by atoms with Gasteiger partial charge in [-0.25, -0.2) is 4.98 Å². The number of piperidine rings is 1. The van der Waals surface area contributed by atoms with E-state index in [1.54, 1.807) is 16.6 Å². The molecule has 1 aliphatic rings. The molecule has 0 aliphatic carbocycles. The third-order valence-corrected chi connectivity index (χ3v) is 5.10.